The average molecular weight is 615 g/mol. The minimum Gasteiger partial charge on any atom is -1.00 e. The van der Waals surface area contributed by atoms with Crippen molar-refractivity contribution in [3.63, 3.8) is 0 Å². The third-order valence-corrected chi connectivity index (χ3v) is 8.16. The van der Waals surface area contributed by atoms with Gasteiger partial charge in [0, 0.05) is 47.2 Å². The topological polar surface area (TPSA) is 7.76 Å². The molecule has 2 aliphatic rings. The Bertz CT molecular complexity index is 1020. The molecule has 5 rings (SSSR count). The lowest BCUT2D eigenvalue weighted by Gasteiger charge is -2.19. The molecule has 0 spiro atoms. The number of aromatic nitrogens is 2. The molecule has 0 N–H and O–H groups in total. The molecule has 194 valence electrons. The lowest BCUT2D eigenvalue weighted by Crippen LogP contribution is -3.00. The van der Waals surface area contributed by atoms with Crippen LogP contribution in [0.4, 0.5) is 0 Å². The molecule has 4 heteroatoms. The second-order valence-corrected chi connectivity index (χ2v) is 10.6. The Kier molecular flexibility index (Phi) is 11.2. The predicted octanol–water partition coefficient (Wildman–Crippen LogP) is 0.806. The third-order valence-electron chi connectivity index (χ3n) is 8.16. The van der Waals surface area contributed by atoms with Crippen molar-refractivity contribution in [1.82, 2.24) is 0 Å². The molecule has 0 amide bonds. The second-order valence-electron chi connectivity index (χ2n) is 10.6. The molecule has 0 saturated carbocycles. The van der Waals surface area contributed by atoms with Crippen molar-refractivity contribution < 1.29 is 43.1 Å². The van der Waals surface area contributed by atoms with Crippen LogP contribution in [-0.4, -0.2) is 0 Å². The zero-order chi connectivity index (χ0) is 23.3. The highest BCUT2D eigenvalue weighted by Crippen LogP contribution is 2.26. The Morgan fingerprint density at radius 3 is 1.28 bits per heavy atom. The van der Waals surface area contributed by atoms with Crippen LogP contribution in [0.5, 0.6) is 0 Å². The molecule has 0 aliphatic heterocycles. The molecule has 2 unspecified atom stereocenters. The molecule has 0 fully saturated rings. The first-order valence-corrected chi connectivity index (χ1v) is 13.9. The summed E-state index contributed by atoms with van der Waals surface area (Å²) in [5.41, 5.74) is 9.15. The normalized spacial score (nSPS) is 16.1. The zero-order valence-corrected chi connectivity index (χ0v) is 25.2. The molecule has 0 bridgehead atoms. The van der Waals surface area contributed by atoms with Crippen LogP contribution in [0, 0.1) is 0 Å². The maximum atomic E-state index is 2.49. The van der Waals surface area contributed by atoms with Gasteiger partial charge in [0.05, 0.1) is 0 Å². The summed E-state index contributed by atoms with van der Waals surface area (Å²) >= 11 is 0. The van der Waals surface area contributed by atoms with E-state index >= 15 is 0 Å². The summed E-state index contributed by atoms with van der Waals surface area (Å²) < 4.78 is 4.98. The van der Waals surface area contributed by atoms with E-state index in [2.05, 4.69) is 84.2 Å². The average Bonchev–Trinajstić information content (AvgIpc) is 2.90. The first kappa shape index (κ1) is 29.0. The molecule has 0 radical (unpaired) electrons. The summed E-state index contributed by atoms with van der Waals surface area (Å²) in [7, 11) is 0. The summed E-state index contributed by atoms with van der Waals surface area (Å²) in [6.45, 7) is 4.62. The molecule has 36 heavy (non-hydrogen) atoms. The number of halogens is 2. The monoisotopic (exact) mass is 612 g/mol. The van der Waals surface area contributed by atoms with E-state index in [0.717, 1.165) is 0 Å². The van der Waals surface area contributed by atoms with Gasteiger partial charge in [-0.3, -0.25) is 0 Å². The number of hydrogen-bond donors (Lipinski definition) is 0. The minimum atomic E-state index is 0. The Labute approximate surface area is 239 Å². The van der Waals surface area contributed by atoms with Crippen molar-refractivity contribution >= 4 is 0 Å². The molecular formula is C32H42Br2N2. The minimum absolute atomic E-state index is 0. The number of aryl methyl sites for hydroxylation is 4. The van der Waals surface area contributed by atoms with E-state index in [1.165, 1.54) is 88.2 Å². The maximum Gasteiger partial charge on any atom is 0.183 e. The number of pyridine rings is 2. The highest BCUT2D eigenvalue weighted by molar-refractivity contribution is 5.28. The van der Waals surface area contributed by atoms with E-state index in [1.807, 2.05) is 0 Å². The van der Waals surface area contributed by atoms with E-state index in [0.29, 0.717) is 12.1 Å². The summed E-state index contributed by atoms with van der Waals surface area (Å²) in [5.74, 6) is 0. The van der Waals surface area contributed by atoms with E-state index in [-0.39, 0.29) is 34.0 Å². The highest BCUT2D eigenvalue weighted by atomic mass is 79.9. The molecule has 1 aromatic carbocycles. The van der Waals surface area contributed by atoms with Crippen molar-refractivity contribution in [3.8, 4) is 0 Å². The SMILES string of the molecule is CCCC(c1ccc(C(CCC)[n+]2ccc3c(c2)CCCC3)cc1)[n+]1ccc2c(c1)CCCC2.[Br-].[Br-]. The fourth-order valence-electron chi connectivity index (χ4n) is 6.23. The highest BCUT2D eigenvalue weighted by Gasteiger charge is 2.26. The fourth-order valence-corrected chi connectivity index (χ4v) is 6.23. The van der Waals surface area contributed by atoms with Crippen LogP contribution in [0.15, 0.2) is 61.2 Å². The lowest BCUT2D eigenvalue weighted by atomic mass is 9.92. The molecule has 2 nitrogen and oxygen atoms in total. The second kappa shape index (κ2) is 13.9. The number of rotatable bonds is 8. The molecule has 0 saturated heterocycles. The Morgan fingerprint density at radius 2 is 0.917 bits per heavy atom. The van der Waals surface area contributed by atoms with E-state index in [9.17, 15) is 0 Å². The van der Waals surface area contributed by atoms with E-state index in [1.54, 1.807) is 22.3 Å². The van der Waals surface area contributed by atoms with Crippen LogP contribution < -0.4 is 43.1 Å². The van der Waals surface area contributed by atoms with Crippen molar-refractivity contribution in [2.24, 2.45) is 0 Å². The largest absolute Gasteiger partial charge is 1.00 e. The van der Waals surface area contributed by atoms with Gasteiger partial charge in [-0.1, -0.05) is 38.1 Å². The lowest BCUT2D eigenvalue weighted by molar-refractivity contribution is -0.715. The molecule has 2 aromatic heterocycles. The summed E-state index contributed by atoms with van der Waals surface area (Å²) in [6.07, 6.45) is 24.7. The first-order valence-electron chi connectivity index (χ1n) is 13.9. The number of benzene rings is 1. The van der Waals surface area contributed by atoms with Crippen molar-refractivity contribution in [1.29, 1.82) is 0 Å². The third kappa shape index (κ3) is 6.48. The summed E-state index contributed by atoms with van der Waals surface area (Å²) in [6, 6.07) is 15.2. The first-order chi connectivity index (χ1) is 16.8. The number of hydrogen-bond acceptors (Lipinski definition) is 0. The van der Waals surface area contributed by atoms with Gasteiger partial charge in [0.1, 0.15) is 0 Å². The smallest absolute Gasteiger partial charge is 0.183 e. The van der Waals surface area contributed by atoms with Crippen molar-refractivity contribution in [3.05, 3.63) is 94.6 Å². The van der Waals surface area contributed by atoms with Crippen LogP contribution >= 0.6 is 0 Å². The van der Waals surface area contributed by atoms with Gasteiger partial charge in [-0.2, -0.15) is 9.13 Å². The van der Waals surface area contributed by atoms with E-state index < -0.39 is 0 Å². The Morgan fingerprint density at radius 1 is 0.556 bits per heavy atom. The molecule has 2 atom stereocenters. The van der Waals surface area contributed by atoms with Crippen LogP contribution in [-0.2, 0) is 25.7 Å². The van der Waals surface area contributed by atoms with Gasteiger partial charge in [-0.25, -0.2) is 0 Å². The van der Waals surface area contributed by atoms with Crippen LogP contribution in [0.3, 0.4) is 0 Å². The van der Waals surface area contributed by atoms with Gasteiger partial charge >= 0.3 is 0 Å². The quantitative estimate of drug-likeness (QED) is 0.332. The Hall–Kier alpha value is -1.52. The van der Waals surface area contributed by atoms with Gasteiger partial charge in [0.25, 0.3) is 0 Å². The van der Waals surface area contributed by atoms with Gasteiger partial charge < -0.3 is 34.0 Å². The molecular weight excluding hydrogens is 572 g/mol. The van der Waals surface area contributed by atoms with Crippen LogP contribution in [0.25, 0.3) is 0 Å². The van der Waals surface area contributed by atoms with Gasteiger partial charge in [0.15, 0.2) is 36.9 Å². The summed E-state index contributed by atoms with van der Waals surface area (Å²) in [5, 5.41) is 0. The number of nitrogens with zero attached hydrogens (tertiary/aromatic N) is 2. The van der Waals surface area contributed by atoms with Crippen molar-refractivity contribution in [2.75, 3.05) is 0 Å². The maximum absolute atomic E-state index is 2.49. The van der Waals surface area contributed by atoms with Crippen molar-refractivity contribution in [2.45, 2.75) is 103 Å². The van der Waals surface area contributed by atoms with Gasteiger partial charge in [0.2, 0.25) is 0 Å². The van der Waals surface area contributed by atoms with Crippen LogP contribution in [0.2, 0.25) is 0 Å². The zero-order valence-electron chi connectivity index (χ0n) is 22.1. The standard InChI is InChI=1S/C32H42N2.2BrH/c1-3-9-31(33-21-19-25-11-5-7-13-29(25)23-33)27-15-17-28(18-16-27)32(10-4-2)34-22-20-26-12-6-8-14-30(26)24-34;;/h15-24,31-32H,3-14H2,1-2H3;2*1H/q+2;;/p-2. The molecule has 2 aliphatic carbocycles. The summed E-state index contributed by atoms with van der Waals surface area (Å²) in [4.78, 5) is 0. The molecule has 2 heterocycles. The fraction of sp³-hybridized carbons (Fsp3) is 0.500. The number of fused-ring (bicyclic) bond motifs is 2. The van der Waals surface area contributed by atoms with E-state index in [4.69, 9.17) is 0 Å². The Balaban J connectivity index is 0.00000180. The van der Waals surface area contributed by atoms with Crippen LogP contribution in [0.1, 0.15) is 111 Å². The molecule has 3 aromatic rings. The van der Waals surface area contributed by atoms with Gasteiger partial charge in [-0.15, -0.1) is 0 Å². The predicted molar refractivity (Wildman–Crippen MR) is 139 cm³/mol. The van der Waals surface area contributed by atoms with Gasteiger partial charge in [-0.05, 0) is 75.3 Å².